The van der Waals surface area contributed by atoms with Crippen molar-refractivity contribution in [2.24, 2.45) is 0 Å². The first kappa shape index (κ1) is 15.4. The van der Waals surface area contributed by atoms with Gasteiger partial charge in [-0.3, -0.25) is 4.90 Å². The van der Waals surface area contributed by atoms with Gasteiger partial charge in [-0.25, -0.2) is 9.97 Å². The molecule has 0 amide bonds. The number of aryl methyl sites for hydroxylation is 1. The van der Waals surface area contributed by atoms with Crippen molar-refractivity contribution in [3.05, 3.63) is 35.8 Å². The fourth-order valence-corrected chi connectivity index (χ4v) is 3.59. The minimum atomic E-state index is 0.690. The van der Waals surface area contributed by atoms with Crippen molar-refractivity contribution < 1.29 is 0 Å². The van der Waals surface area contributed by atoms with Gasteiger partial charge in [0.15, 0.2) is 0 Å². The van der Waals surface area contributed by atoms with Gasteiger partial charge in [-0.05, 0) is 32.9 Å². The van der Waals surface area contributed by atoms with Crippen molar-refractivity contribution in [1.29, 1.82) is 0 Å². The van der Waals surface area contributed by atoms with Gasteiger partial charge < -0.3 is 0 Å². The first-order chi connectivity index (χ1) is 10.7. The van der Waals surface area contributed by atoms with Crippen LogP contribution in [0.15, 0.2) is 24.3 Å². The molecular weight excluding hydrogens is 270 g/mol. The average molecular weight is 297 g/mol. The van der Waals surface area contributed by atoms with Crippen LogP contribution >= 0.6 is 0 Å². The Labute approximate surface area is 133 Å². The molecule has 0 unspecified atom stereocenters. The molecule has 1 aromatic carbocycles. The van der Waals surface area contributed by atoms with E-state index in [0.29, 0.717) is 6.04 Å². The highest BCUT2D eigenvalue weighted by molar-refractivity contribution is 5.80. The van der Waals surface area contributed by atoms with E-state index >= 15 is 0 Å². The fourth-order valence-electron chi connectivity index (χ4n) is 3.59. The maximum Gasteiger partial charge on any atom is 0.143 e. The summed E-state index contributed by atoms with van der Waals surface area (Å²) in [6, 6.07) is 8.99. The number of nitrogens with zero attached hydrogens (tertiary/aromatic N) is 3. The van der Waals surface area contributed by atoms with E-state index in [1.165, 1.54) is 50.3 Å². The van der Waals surface area contributed by atoms with Crippen LogP contribution in [-0.4, -0.2) is 28.0 Å². The molecule has 1 aliphatic rings. The van der Waals surface area contributed by atoms with E-state index in [9.17, 15) is 0 Å². The van der Waals surface area contributed by atoms with Crippen LogP contribution in [0.1, 0.15) is 56.5 Å². The predicted octanol–water partition coefficient (Wildman–Crippen LogP) is 4.48. The Bertz CT molecular complexity index is 615. The van der Waals surface area contributed by atoms with E-state index in [1.54, 1.807) is 0 Å². The zero-order valence-electron chi connectivity index (χ0n) is 13.9. The minimum Gasteiger partial charge on any atom is -0.296 e. The number of aromatic nitrogens is 2. The molecule has 1 heterocycles. The van der Waals surface area contributed by atoms with E-state index < -0.39 is 0 Å². The molecule has 1 fully saturated rings. The largest absolute Gasteiger partial charge is 0.296 e. The molecule has 0 spiro atoms. The van der Waals surface area contributed by atoms with Crippen LogP contribution in [0.2, 0.25) is 0 Å². The summed E-state index contributed by atoms with van der Waals surface area (Å²) < 4.78 is 0. The second-order valence-corrected chi connectivity index (χ2v) is 6.66. The highest BCUT2D eigenvalue weighted by Crippen LogP contribution is 2.22. The van der Waals surface area contributed by atoms with Gasteiger partial charge in [-0.2, -0.15) is 0 Å². The summed E-state index contributed by atoms with van der Waals surface area (Å²) in [6.45, 7) is 2.94. The third kappa shape index (κ3) is 3.64. The van der Waals surface area contributed by atoms with Gasteiger partial charge in [0, 0.05) is 17.1 Å². The first-order valence-electron chi connectivity index (χ1n) is 8.66. The zero-order chi connectivity index (χ0) is 15.4. The van der Waals surface area contributed by atoms with Crippen LogP contribution in [0, 0.1) is 6.92 Å². The van der Waals surface area contributed by atoms with E-state index in [-0.39, 0.29) is 0 Å². The molecule has 3 nitrogen and oxygen atoms in total. The molecule has 3 heteroatoms. The van der Waals surface area contributed by atoms with E-state index in [4.69, 9.17) is 9.97 Å². The summed E-state index contributed by atoms with van der Waals surface area (Å²) in [5, 5.41) is 1.17. The van der Waals surface area contributed by atoms with Gasteiger partial charge in [0.05, 0.1) is 12.1 Å². The Hall–Kier alpha value is -1.48. The lowest BCUT2D eigenvalue weighted by molar-refractivity contribution is 0.192. The van der Waals surface area contributed by atoms with Crippen LogP contribution in [-0.2, 0) is 6.54 Å². The van der Waals surface area contributed by atoms with Gasteiger partial charge >= 0.3 is 0 Å². The fraction of sp³-hybridized carbons (Fsp3) is 0.579. The number of benzene rings is 1. The Kier molecular flexibility index (Phi) is 5.04. The van der Waals surface area contributed by atoms with Crippen molar-refractivity contribution in [3.8, 4) is 0 Å². The van der Waals surface area contributed by atoms with Crippen molar-refractivity contribution in [3.63, 3.8) is 0 Å². The molecule has 3 rings (SSSR count). The van der Waals surface area contributed by atoms with Crippen LogP contribution in [0.4, 0.5) is 0 Å². The summed E-state index contributed by atoms with van der Waals surface area (Å²) in [5.74, 6) is 0.959. The Morgan fingerprint density at radius 1 is 1.00 bits per heavy atom. The molecule has 0 radical (unpaired) electrons. The highest BCUT2D eigenvalue weighted by Gasteiger charge is 2.17. The van der Waals surface area contributed by atoms with Crippen LogP contribution in [0.5, 0.6) is 0 Å². The number of rotatable bonds is 3. The molecule has 0 aliphatic heterocycles. The number of para-hydroxylation sites is 1. The molecular formula is C19H27N3. The lowest BCUT2D eigenvalue weighted by Crippen LogP contribution is -2.32. The number of hydrogen-bond acceptors (Lipinski definition) is 3. The number of fused-ring (bicyclic) bond motifs is 1. The van der Waals surface area contributed by atoms with Gasteiger partial charge in [0.2, 0.25) is 0 Å². The van der Waals surface area contributed by atoms with E-state index in [2.05, 4.69) is 43.1 Å². The molecule has 1 aromatic heterocycles. The first-order valence-corrected chi connectivity index (χ1v) is 8.66. The highest BCUT2D eigenvalue weighted by atomic mass is 15.1. The van der Waals surface area contributed by atoms with Gasteiger partial charge in [0.25, 0.3) is 0 Å². The van der Waals surface area contributed by atoms with Crippen molar-refractivity contribution in [2.45, 2.75) is 64.5 Å². The lowest BCUT2D eigenvalue weighted by Gasteiger charge is -2.29. The summed E-state index contributed by atoms with van der Waals surface area (Å²) in [6.07, 6.45) is 9.60. The second-order valence-electron chi connectivity index (χ2n) is 6.66. The summed E-state index contributed by atoms with van der Waals surface area (Å²) in [7, 11) is 2.24. The molecule has 0 bridgehead atoms. The van der Waals surface area contributed by atoms with Crippen LogP contribution < -0.4 is 0 Å². The van der Waals surface area contributed by atoms with Crippen molar-refractivity contribution >= 4 is 10.9 Å². The molecule has 118 valence electrons. The maximum atomic E-state index is 4.76. The van der Waals surface area contributed by atoms with Gasteiger partial charge in [-0.1, -0.05) is 50.3 Å². The lowest BCUT2D eigenvalue weighted by atomic mass is 9.96. The third-order valence-electron chi connectivity index (χ3n) is 4.93. The average Bonchev–Trinajstić information content (AvgIpc) is 2.46. The molecule has 0 saturated heterocycles. The normalized spacial score (nSPS) is 17.6. The molecule has 1 saturated carbocycles. The molecule has 0 atom stereocenters. The maximum absolute atomic E-state index is 4.76. The van der Waals surface area contributed by atoms with Gasteiger partial charge in [0.1, 0.15) is 5.82 Å². The van der Waals surface area contributed by atoms with Crippen molar-refractivity contribution in [1.82, 2.24) is 14.9 Å². The zero-order valence-corrected chi connectivity index (χ0v) is 13.9. The summed E-state index contributed by atoms with van der Waals surface area (Å²) in [5.41, 5.74) is 2.16. The minimum absolute atomic E-state index is 0.690. The Morgan fingerprint density at radius 2 is 1.68 bits per heavy atom. The van der Waals surface area contributed by atoms with Gasteiger partial charge in [-0.15, -0.1) is 0 Å². The SMILES string of the molecule is Cc1nc(CN(C)C2CCCCCCC2)nc2ccccc12. The van der Waals surface area contributed by atoms with Crippen LogP contribution in [0.25, 0.3) is 10.9 Å². The number of hydrogen-bond donors (Lipinski definition) is 0. The molecule has 2 aromatic rings. The van der Waals surface area contributed by atoms with Crippen LogP contribution in [0.3, 0.4) is 0 Å². The van der Waals surface area contributed by atoms with Crippen molar-refractivity contribution in [2.75, 3.05) is 7.05 Å². The summed E-state index contributed by atoms with van der Waals surface area (Å²) >= 11 is 0. The molecule has 0 N–H and O–H groups in total. The molecule has 1 aliphatic carbocycles. The second kappa shape index (κ2) is 7.19. The standard InChI is InChI=1S/C19H27N3/c1-15-17-12-8-9-13-18(17)21-19(20-15)14-22(2)16-10-6-4-3-5-7-11-16/h8-9,12-13,16H,3-7,10-11,14H2,1-2H3. The quantitative estimate of drug-likeness (QED) is 0.836. The Morgan fingerprint density at radius 3 is 2.45 bits per heavy atom. The smallest absolute Gasteiger partial charge is 0.143 e. The monoisotopic (exact) mass is 297 g/mol. The topological polar surface area (TPSA) is 29.0 Å². The molecule has 22 heavy (non-hydrogen) atoms. The predicted molar refractivity (Wildman–Crippen MR) is 91.8 cm³/mol. The third-order valence-corrected chi connectivity index (χ3v) is 4.93. The summed E-state index contributed by atoms with van der Waals surface area (Å²) in [4.78, 5) is 12.0. The Balaban J connectivity index is 1.74. The van der Waals surface area contributed by atoms with E-state index in [1.807, 2.05) is 0 Å². The van der Waals surface area contributed by atoms with E-state index in [0.717, 1.165) is 23.6 Å².